The van der Waals surface area contributed by atoms with Gasteiger partial charge in [-0.05, 0) is 7.05 Å². The number of nitrogens with zero attached hydrogens (tertiary/aromatic N) is 2. The number of hydrogen-bond donors (Lipinski definition) is 1. The zero-order valence-corrected chi connectivity index (χ0v) is 7.44. The predicted octanol–water partition coefficient (Wildman–Crippen LogP) is 0.404. The molecule has 0 unspecified atom stereocenters. The summed E-state index contributed by atoms with van der Waals surface area (Å²) in [6.45, 7) is 1.34. The van der Waals surface area contributed by atoms with Crippen LogP contribution in [0, 0.1) is 0 Å². The molecule has 5 heteroatoms. The van der Waals surface area contributed by atoms with Crippen LogP contribution < -0.4 is 5.32 Å². The van der Waals surface area contributed by atoms with Gasteiger partial charge in [0.15, 0.2) is 0 Å². The van der Waals surface area contributed by atoms with Gasteiger partial charge >= 0.3 is 0 Å². The van der Waals surface area contributed by atoms with Crippen LogP contribution >= 0.6 is 11.3 Å². The first-order valence-corrected chi connectivity index (χ1v) is 4.13. The van der Waals surface area contributed by atoms with Crippen molar-refractivity contribution in [3.8, 4) is 0 Å². The van der Waals surface area contributed by atoms with Gasteiger partial charge in [-0.2, -0.15) is 0 Å². The van der Waals surface area contributed by atoms with Gasteiger partial charge in [-0.15, -0.1) is 10.2 Å². The van der Waals surface area contributed by atoms with Crippen LogP contribution in [0.4, 0.5) is 0 Å². The van der Waals surface area contributed by atoms with E-state index >= 15 is 0 Å². The molecule has 0 saturated carbocycles. The van der Waals surface area contributed by atoms with Crippen molar-refractivity contribution in [3.05, 3.63) is 10.0 Å². The molecule has 0 aliphatic rings. The van der Waals surface area contributed by atoms with Crippen LogP contribution in [0.15, 0.2) is 0 Å². The van der Waals surface area contributed by atoms with Gasteiger partial charge < -0.3 is 10.1 Å². The van der Waals surface area contributed by atoms with E-state index in [0.29, 0.717) is 6.61 Å². The molecule has 0 saturated heterocycles. The maximum Gasteiger partial charge on any atom is 0.143 e. The molecule has 62 valence electrons. The van der Waals surface area contributed by atoms with Crippen molar-refractivity contribution in [1.82, 2.24) is 15.5 Å². The van der Waals surface area contributed by atoms with Crippen molar-refractivity contribution in [2.45, 2.75) is 13.2 Å². The second-order valence-electron chi connectivity index (χ2n) is 2.05. The molecule has 0 aromatic carbocycles. The average Bonchev–Trinajstić information content (AvgIpc) is 2.38. The number of nitrogens with one attached hydrogen (secondary N) is 1. The van der Waals surface area contributed by atoms with Crippen LogP contribution in [0.5, 0.6) is 0 Å². The minimum Gasteiger partial charge on any atom is -0.377 e. The quantitative estimate of drug-likeness (QED) is 0.716. The lowest BCUT2D eigenvalue weighted by molar-refractivity contribution is 0.184. The summed E-state index contributed by atoms with van der Waals surface area (Å²) in [7, 11) is 3.54. The van der Waals surface area contributed by atoms with Gasteiger partial charge in [0.1, 0.15) is 10.0 Å². The molecule has 1 aromatic heterocycles. The summed E-state index contributed by atoms with van der Waals surface area (Å²) in [5.41, 5.74) is 0. The molecular weight excluding hydrogens is 162 g/mol. The second-order valence-corrected chi connectivity index (χ2v) is 3.20. The molecule has 4 nitrogen and oxygen atoms in total. The maximum absolute atomic E-state index is 4.91. The van der Waals surface area contributed by atoms with Crippen LogP contribution in [0.1, 0.15) is 10.0 Å². The second kappa shape index (κ2) is 4.38. The van der Waals surface area contributed by atoms with Gasteiger partial charge in [0.2, 0.25) is 0 Å². The number of aromatic nitrogens is 2. The molecule has 1 N–H and O–H groups in total. The van der Waals surface area contributed by atoms with E-state index in [1.54, 1.807) is 18.4 Å². The van der Waals surface area contributed by atoms with E-state index in [1.807, 2.05) is 7.05 Å². The largest absolute Gasteiger partial charge is 0.377 e. The Morgan fingerprint density at radius 2 is 2.18 bits per heavy atom. The number of hydrogen-bond acceptors (Lipinski definition) is 5. The van der Waals surface area contributed by atoms with Crippen LogP contribution in [0.2, 0.25) is 0 Å². The predicted molar refractivity (Wildman–Crippen MR) is 43.4 cm³/mol. The lowest BCUT2D eigenvalue weighted by Crippen LogP contribution is -2.04. The van der Waals surface area contributed by atoms with Gasteiger partial charge in [-0.1, -0.05) is 11.3 Å². The first-order valence-electron chi connectivity index (χ1n) is 3.31. The van der Waals surface area contributed by atoms with E-state index in [1.165, 1.54) is 0 Å². The molecular formula is C6H11N3OS. The molecule has 0 amide bonds. The maximum atomic E-state index is 4.91. The van der Waals surface area contributed by atoms with E-state index in [-0.39, 0.29) is 0 Å². The zero-order valence-electron chi connectivity index (χ0n) is 6.63. The third-order valence-corrected chi connectivity index (χ3v) is 2.00. The third-order valence-electron chi connectivity index (χ3n) is 1.10. The van der Waals surface area contributed by atoms with Crippen molar-refractivity contribution in [3.63, 3.8) is 0 Å². The van der Waals surface area contributed by atoms with Crippen LogP contribution in [-0.2, 0) is 17.9 Å². The molecule has 0 atom stereocenters. The SMILES string of the molecule is CNCc1nnc(COC)s1. The van der Waals surface area contributed by atoms with Gasteiger partial charge in [0, 0.05) is 13.7 Å². The molecule has 0 spiro atoms. The van der Waals surface area contributed by atoms with Gasteiger partial charge in [-0.25, -0.2) is 0 Å². The fraction of sp³-hybridized carbons (Fsp3) is 0.667. The summed E-state index contributed by atoms with van der Waals surface area (Å²) in [5.74, 6) is 0. The Morgan fingerprint density at radius 3 is 2.82 bits per heavy atom. The Balaban J connectivity index is 2.51. The number of methoxy groups -OCH3 is 1. The standard InChI is InChI=1S/C6H11N3OS/c1-7-3-5-8-9-6(11-5)4-10-2/h7H,3-4H2,1-2H3. The number of ether oxygens (including phenoxy) is 1. The molecule has 0 aliphatic carbocycles. The van der Waals surface area contributed by atoms with Gasteiger partial charge in [-0.3, -0.25) is 0 Å². The van der Waals surface area contributed by atoms with E-state index < -0.39 is 0 Å². The highest BCUT2D eigenvalue weighted by Crippen LogP contribution is 2.09. The Morgan fingerprint density at radius 1 is 1.45 bits per heavy atom. The Bertz CT molecular complexity index is 193. The van der Waals surface area contributed by atoms with Crippen LogP contribution in [0.3, 0.4) is 0 Å². The van der Waals surface area contributed by atoms with Crippen LogP contribution in [-0.4, -0.2) is 24.4 Å². The smallest absolute Gasteiger partial charge is 0.143 e. The fourth-order valence-electron chi connectivity index (χ4n) is 0.693. The molecule has 11 heavy (non-hydrogen) atoms. The molecule has 1 heterocycles. The highest BCUT2D eigenvalue weighted by molar-refractivity contribution is 7.11. The normalized spacial score (nSPS) is 10.4. The molecule has 1 rings (SSSR count). The lowest BCUT2D eigenvalue weighted by Gasteiger charge is -1.89. The zero-order chi connectivity index (χ0) is 8.10. The first-order chi connectivity index (χ1) is 5.36. The average molecular weight is 173 g/mol. The summed E-state index contributed by atoms with van der Waals surface area (Å²) in [6.07, 6.45) is 0. The topological polar surface area (TPSA) is 47.0 Å². The molecule has 0 radical (unpaired) electrons. The summed E-state index contributed by atoms with van der Waals surface area (Å²) in [4.78, 5) is 0. The summed E-state index contributed by atoms with van der Waals surface area (Å²) in [5, 5.41) is 12.8. The van der Waals surface area contributed by atoms with Crippen LogP contribution in [0.25, 0.3) is 0 Å². The Kier molecular flexibility index (Phi) is 3.41. The van der Waals surface area contributed by atoms with Crippen molar-refractivity contribution in [2.24, 2.45) is 0 Å². The molecule has 0 aliphatic heterocycles. The first kappa shape index (κ1) is 8.58. The van der Waals surface area contributed by atoms with Crippen molar-refractivity contribution in [2.75, 3.05) is 14.2 Å². The third kappa shape index (κ3) is 2.53. The Hall–Kier alpha value is -0.520. The fourth-order valence-corrected chi connectivity index (χ4v) is 1.52. The van der Waals surface area contributed by atoms with E-state index in [9.17, 15) is 0 Å². The van der Waals surface area contributed by atoms with Gasteiger partial charge in [0.05, 0.1) is 6.61 Å². The summed E-state index contributed by atoms with van der Waals surface area (Å²) < 4.78 is 4.91. The van der Waals surface area contributed by atoms with Gasteiger partial charge in [0.25, 0.3) is 0 Å². The molecule has 0 fully saturated rings. The molecule has 1 aromatic rings. The van der Waals surface area contributed by atoms with E-state index in [2.05, 4.69) is 15.5 Å². The highest BCUT2D eigenvalue weighted by Gasteiger charge is 2.01. The summed E-state index contributed by atoms with van der Waals surface area (Å²) in [6, 6.07) is 0. The minimum absolute atomic E-state index is 0.557. The van der Waals surface area contributed by atoms with Crippen molar-refractivity contribution in [1.29, 1.82) is 0 Å². The number of rotatable bonds is 4. The lowest BCUT2D eigenvalue weighted by atomic mass is 10.7. The highest BCUT2D eigenvalue weighted by atomic mass is 32.1. The van der Waals surface area contributed by atoms with Crippen molar-refractivity contribution < 1.29 is 4.74 Å². The summed E-state index contributed by atoms with van der Waals surface area (Å²) >= 11 is 1.57. The Labute approximate surface area is 69.6 Å². The van der Waals surface area contributed by atoms with Crippen molar-refractivity contribution >= 4 is 11.3 Å². The van der Waals surface area contributed by atoms with E-state index in [4.69, 9.17) is 4.74 Å². The van der Waals surface area contributed by atoms with E-state index in [0.717, 1.165) is 16.6 Å². The molecule has 0 bridgehead atoms. The minimum atomic E-state index is 0.557. The monoisotopic (exact) mass is 173 g/mol.